The Labute approximate surface area is 344 Å². The van der Waals surface area contributed by atoms with Crippen LogP contribution in [0.1, 0.15) is 22.3 Å². The fourth-order valence-electron chi connectivity index (χ4n) is 10.5. The van der Waals surface area contributed by atoms with Crippen molar-refractivity contribution in [2.24, 2.45) is 0 Å². The largest absolute Gasteiger partial charge is 0.0714 e. The Hall–Kier alpha value is -7.54. The zero-order valence-electron chi connectivity index (χ0n) is 32.4. The summed E-state index contributed by atoms with van der Waals surface area (Å²) in [6, 6.07) is 85.7. The van der Waals surface area contributed by atoms with Crippen molar-refractivity contribution in [1.29, 1.82) is 0 Å². The summed E-state index contributed by atoms with van der Waals surface area (Å²) in [6.45, 7) is 0. The van der Waals surface area contributed by atoms with Gasteiger partial charge in [0.2, 0.25) is 0 Å². The molecule has 0 nitrogen and oxygen atoms in total. The third kappa shape index (κ3) is 4.90. The van der Waals surface area contributed by atoms with E-state index in [1.807, 2.05) is 0 Å². The minimum Gasteiger partial charge on any atom is -0.0622 e. The first-order valence-corrected chi connectivity index (χ1v) is 20.6. The molecular weight excluding hydrogens is 709 g/mol. The van der Waals surface area contributed by atoms with Crippen molar-refractivity contribution < 1.29 is 0 Å². The van der Waals surface area contributed by atoms with Crippen LogP contribution < -0.4 is 0 Å². The molecule has 1 aliphatic carbocycles. The van der Waals surface area contributed by atoms with Crippen molar-refractivity contribution in [3.63, 3.8) is 0 Å². The van der Waals surface area contributed by atoms with E-state index in [4.69, 9.17) is 0 Å². The van der Waals surface area contributed by atoms with E-state index in [1.54, 1.807) is 0 Å². The molecule has 0 unspecified atom stereocenters. The Morgan fingerprint density at radius 1 is 0.237 bits per heavy atom. The summed E-state index contributed by atoms with van der Waals surface area (Å²) < 4.78 is 0. The summed E-state index contributed by atoms with van der Waals surface area (Å²) >= 11 is 0. The van der Waals surface area contributed by atoms with Crippen LogP contribution in [0.3, 0.4) is 0 Å². The first kappa shape index (κ1) is 33.6. The Kier molecular flexibility index (Phi) is 7.55. The minimum absolute atomic E-state index is 0.516. The lowest BCUT2D eigenvalue weighted by atomic mass is 9.67. The van der Waals surface area contributed by atoms with Gasteiger partial charge < -0.3 is 0 Å². The lowest BCUT2D eigenvalue weighted by Gasteiger charge is -2.34. The summed E-state index contributed by atoms with van der Waals surface area (Å²) in [5.74, 6) is 0. The summed E-state index contributed by atoms with van der Waals surface area (Å²) in [6.07, 6.45) is 0. The third-order valence-electron chi connectivity index (χ3n) is 12.9. The van der Waals surface area contributed by atoms with E-state index in [2.05, 4.69) is 231 Å². The number of hydrogen-bond acceptors (Lipinski definition) is 0. The second-order valence-corrected chi connectivity index (χ2v) is 15.9. The summed E-state index contributed by atoms with van der Waals surface area (Å²) in [5, 5.41) is 10.0. The van der Waals surface area contributed by atoms with Crippen molar-refractivity contribution in [3.05, 3.63) is 253 Å². The first-order chi connectivity index (χ1) is 29.3. The first-order valence-electron chi connectivity index (χ1n) is 20.6. The average Bonchev–Trinajstić information content (AvgIpc) is 3.62. The molecular formula is C59H38. The molecule has 0 aromatic heterocycles. The van der Waals surface area contributed by atoms with Crippen LogP contribution in [0.25, 0.3) is 87.6 Å². The normalized spacial score (nSPS) is 12.9. The summed E-state index contributed by atoms with van der Waals surface area (Å²) in [4.78, 5) is 0. The van der Waals surface area contributed by atoms with Gasteiger partial charge in [-0.1, -0.05) is 218 Å². The highest BCUT2D eigenvalue weighted by molar-refractivity contribution is 6.26. The molecule has 0 radical (unpaired) electrons. The lowest BCUT2D eigenvalue weighted by molar-refractivity contribution is 0.769. The molecule has 0 atom stereocenters. The molecule has 12 rings (SSSR count). The fourth-order valence-corrected chi connectivity index (χ4v) is 10.5. The third-order valence-corrected chi connectivity index (χ3v) is 12.9. The maximum absolute atomic E-state index is 2.57. The zero-order chi connectivity index (χ0) is 38.9. The number of fused-ring (bicyclic) bond motifs is 8. The van der Waals surface area contributed by atoms with Gasteiger partial charge >= 0.3 is 0 Å². The molecule has 0 bridgehead atoms. The maximum Gasteiger partial charge on any atom is 0.0714 e. The van der Waals surface area contributed by atoms with E-state index in [0.29, 0.717) is 0 Å². The van der Waals surface area contributed by atoms with Crippen LogP contribution >= 0.6 is 0 Å². The van der Waals surface area contributed by atoms with Gasteiger partial charge in [-0.25, -0.2) is 0 Å². The van der Waals surface area contributed by atoms with E-state index in [-0.39, 0.29) is 0 Å². The summed E-state index contributed by atoms with van der Waals surface area (Å²) in [5.41, 5.74) is 14.8. The van der Waals surface area contributed by atoms with Crippen molar-refractivity contribution >= 4 is 43.1 Å². The van der Waals surface area contributed by atoms with Gasteiger partial charge in [0, 0.05) is 0 Å². The van der Waals surface area contributed by atoms with Crippen LogP contribution in [0.4, 0.5) is 0 Å². The van der Waals surface area contributed by atoms with Crippen LogP contribution in [0.5, 0.6) is 0 Å². The van der Waals surface area contributed by atoms with Gasteiger partial charge in [0.25, 0.3) is 0 Å². The van der Waals surface area contributed by atoms with Crippen molar-refractivity contribution in [3.8, 4) is 44.5 Å². The molecule has 274 valence electrons. The topological polar surface area (TPSA) is 0 Å². The Bertz CT molecular complexity index is 3320. The van der Waals surface area contributed by atoms with Gasteiger partial charge in [0.05, 0.1) is 5.41 Å². The molecule has 0 spiro atoms. The number of benzene rings is 11. The molecule has 11 aromatic rings. The van der Waals surface area contributed by atoms with E-state index in [1.165, 1.54) is 110 Å². The van der Waals surface area contributed by atoms with E-state index >= 15 is 0 Å². The lowest BCUT2D eigenvalue weighted by Crippen LogP contribution is -2.28. The van der Waals surface area contributed by atoms with Crippen LogP contribution in [0.2, 0.25) is 0 Å². The molecule has 0 saturated carbocycles. The van der Waals surface area contributed by atoms with Crippen molar-refractivity contribution in [2.45, 2.75) is 5.41 Å². The van der Waals surface area contributed by atoms with Crippen LogP contribution in [0.15, 0.2) is 231 Å². The predicted octanol–water partition coefficient (Wildman–Crippen LogP) is 15.7. The molecule has 59 heavy (non-hydrogen) atoms. The molecule has 1 aliphatic rings. The molecule has 0 saturated heterocycles. The van der Waals surface area contributed by atoms with E-state index in [0.717, 1.165) is 0 Å². The molecule has 0 heteroatoms. The second kappa shape index (κ2) is 13.3. The highest BCUT2D eigenvalue weighted by Gasteiger charge is 2.47. The van der Waals surface area contributed by atoms with Crippen LogP contribution in [-0.4, -0.2) is 0 Å². The Morgan fingerprint density at radius 3 is 1.32 bits per heavy atom. The minimum atomic E-state index is -0.516. The second-order valence-electron chi connectivity index (χ2n) is 15.9. The number of rotatable bonds is 5. The van der Waals surface area contributed by atoms with Gasteiger partial charge in [-0.15, -0.1) is 0 Å². The molecule has 0 N–H and O–H groups in total. The highest BCUT2D eigenvalue weighted by Crippen LogP contribution is 2.59. The van der Waals surface area contributed by atoms with Gasteiger partial charge in [-0.3, -0.25) is 0 Å². The van der Waals surface area contributed by atoms with Gasteiger partial charge in [0.15, 0.2) is 0 Å². The Balaban J connectivity index is 1.22. The zero-order valence-corrected chi connectivity index (χ0v) is 32.4. The van der Waals surface area contributed by atoms with Gasteiger partial charge in [0.1, 0.15) is 0 Å². The monoisotopic (exact) mass is 746 g/mol. The van der Waals surface area contributed by atoms with Crippen LogP contribution in [-0.2, 0) is 5.41 Å². The van der Waals surface area contributed by atoms with E-state index < -0.39 is 5.41 Å². The quantitative estimate of drug-likeness (QED) is 0.154. The van der Waals surface area contributed by atoms with Gasteiger partial charge in [-0.05, 0) is 122 Å². The predicted molar refractivity (Wildman–Crippen MR) is 250 cm³/mol. The van der Waals surface area contributed by atoms with E-state index in [9.17, 15) is 0 Å². The number of hydrogen-bond donors (Lipinski definition) is 0. The Morgan fingerprint density at radius 2 is 0.712 bits per heavy atom. The molecule has 0 amide bonds. The molecule has 0 fully saturated rings. The SMILES string of the molecule is c1ccc(-c2ccc3cccc(-c4c5ccccc5c(-c5cc6c(c7ccccc57)-c5ccccc5C6(c5ccccc5)c5ccccc5)c5ccccc45)c3c2)cc1. The van der Waals surface area contributed by atoms with Crippen molar-refractivity contribution in [2.75, 3.05) is 0 Å². The fraction of sp³-hybridized carbons (Fsp3) is 0.0169. The van der Waals surface area contributed by atoms with Crippen LogP contribution in [0, 0.1) is 0 Å². The average molecular weight is 747 g/mol. The smallest absolute Gasteiger partial charge is 0.0622 e. The van der Waals surface area contributed by atoms with Gasteiger partial charge in [-0.2, -0.15) is 0 Å². The summed E-state index contributed by atoms with van der Waals surface area (Å²) in [7, 11) is 0. The molecule has 11 aromatic carbocycles. The molecule has 0 aliphatic heterocycles. The standard InChI is InChI=1S/C59H38/c1-4-19-39(20-5-1)41-36-35-40-21-18-33-50(52(40)37-41)56-46-28-12-14-30-48(46)57(49-31-15-13-29-47(49)56)53-38-55-58(45-27-11-10-26-44(45)53)51-32-16-17-34-54(51)59(55,42-22-6-2-7-23-42)43-24-8-3-9-25-43/h1-38H. The highest BCUT2D eigenvalue weighted by atomic mass is 14.5. The maximum atomic E-state index is 2.57. The molecule has 0 heterocycles. The van der Waals surface area contributed by atoms with Crippen molar-refractivity contribution in [1.82, 2.24) is 0 Å².